The summed E-state index contributed by atoms with van der Waals surface area (Å²) in [6.07, 6.45) is 3.22. The lowest BCUT2D eigenvalue weighted by molar-refractivity contribution is -0.117. The van der Waals surface area contributed by atoms with Crippen molar-refractivity contribution in [3.63, 3.8) is 0 Å². The number of rotatable bonds is 1. The monoisotopic (exact) mass is 117 g/mol. The van der Waals surface area contributed by atoms with E-state index in [-0.39, 0.29) is 11.2 Å². The number of carbonyl (C=O) groups excluding carboxylic acids is 1. The van der Waals surface area contributed by atoms with Crippen LogP contribution in [0.4, 0.5) is 0 Å². The van der Waals surface area contributed by atoms with Gasteiger partial charge in [0.15, 0.2) is 0 Å². The molecule has 0 aromatic carbocycles. The second-order valence-corrected chi connectivity index (χ2v) is 2.30. The summed E-state index contributed by atoms with van der Waals surface area (Å²) in [5.41, 5.74) is 0. The van der Waals surface area contributed by atoms with Crippen molar-refractivity contribution in [2.45, 2.75) is 19.3 Å². The van der Waals surface area contributed by atoms with Gasteiger partial charge in [-0.05, 0) is 24.4 Å². The first kappa shape index (κ1) is 5.10. The molecule has 0 aliphatic heterocycles. The topological polar surface area (TPSA) is 17.1 Å². The van der Waals surface area contributed by atoms with Crippen molar-refractivity contribution in [1.29, 1.82) is 0 Å². The van der Waals surface area contributed by atoms with E-state index in [9.17, 15) is 4.79 Å². The lowest BCUT2D eigenvalue weighted by Gasteiger charge is -2.19. The van der Waals surface area contributed by atoms with E-state index in [0.29, 0.717) is 0 Å². The standard InChI is InChI=1S/C5H7ClO/c6-5(7)4-2-1-3-4/h4H,1-3H2/i5-1. The van der Waals surface area contributed by atoms with Gasteiger partial charge in [-0.15, -0.1) is 0 Å². The minimum atomic E-state index is -0.147. The van der Waals surface area contributed by atoms with Crippen LogP contribution in [0.5, 0.6) is 0 Å². The molecule has 1 fully saturated rings. The molecular weight excluding hydrogens is 111 g/mol. The van der Waals surface area contributed by atoms with Crippen molar-refractivity contribution in [3.8, 4) is 0 Å². The quantitative estimate of drug-likeness (QED) is 0.477. The first-order valence-electron chi connectivity index (χ1n) is 2.50. The number of halogens is 1. The van der Waals surface area contributed by atoms with Crippen LogP contribution in [-0.2, 0) is 4.79 Å². The summed E-state index contributed by atoms with van der Waals surface area (Å²) >= 11 is 5.14. The van der Waals surface area contributed by atoms with Crippen LogP contribution in [-0.4, -0.2) is 5.24 Å². The molecule has 0 bridgehead atoms. The maximum absolute atomic E-state index is 10.2. The maximum atomic E-state index is 10.2. The van der Waals surface area contributed by atoms with Gasteiger partial charge in [0.25, 0.3) is 0 Å². The first-order valence-corrected chi connectivity index (χ1v) is 2.88. The summed E-state index contributed by atoms with van der Waals surface area (Å²) in [6.45, 7) is 0. The van der Waals surface area contributed by atoms with Crippen LogP contribution in [0.25, 0.3) is 0 Å². The van der Waals surface area contributed by atoms with Gasteiger partial charge in [0, 0.05) is 5.92 Å². The Kier molecular flexibility index (Phi) is 1.33. The molecule has 2 heteroatoms. The molecule has 0 atom stereocenters. The zero-order valence-electron chi connectivity index (χ0n) is 3.98. The van der Waals surface area contributed by atoms with Gasteiger partial charge < -0.3 is 0 Å². The zero-order valence-corrected chi connectivity index (χ0v) is 4.74. The Morgan fingerprint density at radius 2 is 2.14 bits per heavy atom. The molecule has 0 heterocycles. The molecule has 0 unspecified atom stereocenters. The minimum Gasteiger partial charge on any atom is -0.281 e. The highest BCUT2D eigenvalue weighted by molar-refractivity contribution is 6.64. The number of hydrogen-bond donors (Lipinski definition) is 0. The van der Waals surface area contributed by atoms with E-state index in [1.165, 1.54) is 6.42 Å². The Morgan fingerprint density at radius 3 is 2.14 bits per heavy atom. The van der Waals surface area contributed by atoms with Crippen LogP contribution in [0.2, 0.25) is 0 Å². The fraction of sp³-hybridized carbons (Fsp3) is 0.800. The second-order valence-electron chi connectivity index (χ2n) is 1.93. The Hall–Kier alpha value is -0.0400. The molecule has 1 rings (SSSR count). The molecule has 0 radical (unpaired) electrons. The van der Waals surface area contributed by atoms with Crippen molar-refractivity contribution in [3.05, 3.63) is 0 Å². The predicted octanol–water partition coefficient (Wildman–Crippen LogP) is 1.55. The molecule has 40 valence electrons. The van der Waals surface area contributed by atoms with Crippen LogP contribution in [0.1, 0.15) is 19.3 Å². The molecule has 0 amide bonds. The summed E-state index contributed by atoms with van der Waals surface area (Å²) in [4.78, 5) is 10.2. The maximum Gasteiger partial charge on any atom is 0.224 e. The summed E-state index contributed by atoms with van der Waals surface area (Å²) in [5.74, 6) is 0.210. The number of hydrogen-bond acceptors (Lipinski definition) is 1. The number of carbonyl (C=O) groups is 1. The average molecular weight is 118 g/mol. The van der Waals surface area contributed by atoms with Gasteiger partial charge in [0.05, 0.1) is 0 Å². The van der Waals surface area contributed by atoms with Crippen LogP contribution < -0.4 is 0 Å². The van der Waals surface area contributed by atoms with E-state index in [4.69, 9.17) is 11.6 Å². The Labute approximate surface area is 47.7 Å². The fourth-order valence-corrected chi connectivity index (χ4v) is 0.853. The van der Waals surface area contributed by atoms with Crippen molar-refractivity contribution in [2.24, 2.45) is 5.92 Å². The smallest absolute Gasteiger partial charge is 0.224 e. The summed E-state index contributed by atoms with van der Waals surface area (Å²) in [7, 11) is 0. The molecule has 0 N–H and O–H groups in total. The fourth-order valence-electron chi connectivity index (χ4n) is 0.635. The summed E-state index contributed by atoms with van der Waals surface area (Å²) in [5, 5.41) is -0.147. The zero-order chi connectivity index (χ0) is 5.28. The molecule has 1 aliphatic rings. The third-order valence-electron chi connectivity index (χ3n) is 1.43. The van der Waals surface area contributed by atoms with Crippen molar-refractivity contribution < 1.29 is 4.79 Å². The van der Waals surface area contributed by atoms with Crippen LogP contribution >= 0.6 is 11.6 Å². The first-order chi connectivity index (χ1) is 3.30. The van der Waals surface area contributed by atoms with Gasteiger partial charge in [0.2, 0.25) is 5.24 Å². The second kappa shape index (κ2) is 1.83. The molecule has 0 aromatic rings. The summed E-state index contributed by atoms with van der Waals surface area (Å²) in [6, 6.07) is 0. The lowest BCUT2D eigenvalue weighted by Crippen LogP contribution is -2.16. The van der Waals surface area contributed by atoms with E-state index in [1.807, 2.05) is 0 Å². The van der Waals surface area contributed by atoms with E-state index in [1.54, 1.807) is 0 Å². The Morgan fingerprint density at radius 1 is 1.57 bits per heavy atom. The van der Waals surface area contributed by atoms with Crippen molar-refractivity contribution in [1.82, 2.24) is 0 Å². The van der Waals surface area contributed by atoms with Crippen molar-refractivity contribution >= 4 is 16.8 Å². The van der Waals surface area contributed by atoms with Crippen LogP contribution in [0, 0.1) is 5.92 Å². The molecule has 7 heavy (non-hydrogen) atoms. The minimum absolute atomic E-state index is 0.147. The normalized spacial score (nSPS) is 21.3. The average Bonchev–Trinajstić information content (AvgIpc) is 1.23. The molecule has 0 aromatic heterocycles. The van der Waals surface area contributed by atoms with E-state index in [0.717, 1.165) is 12.8 Å². The molecule has 1 nitrogen and oxygen atoms in total. The van der Waals surface area contributed by atoms with Gasteiger partial charge in [-0.1, -0.05) is 6.42 Å². The van der Waals surface area contributed by atoms with Gasteiger partial charge in [-0.3, -0.25) is 4.79 Å². The van der Waals surface area contributed by atoms with E-state index in [2.05, 4.69) is 0 Å². The van der Waals surface area contributed by atoms with Gasteiger partial charge in [-0.2, -0.15) is 0 Å². The molecule has 0 spiro atoms. The Balaban J connectivity index is 2.27. The van der Waals surface area contributed by atoms with Crippen molar-refractivity contribution in [2.75, 3.05) is 0 Å². The van der Waals surface area contributed by atoms with Crippen LogP contribution in [0.15, 0.2) is 0 Å². The highest BCUT2D eigenvalue weighted by Crippen LogP contribution is 2.27. The van der Waals surface area contributed by atoms with Crippen LogP contribution in [0.3, 0.4) is 0 Å². The third-order valence-corrected chi connectivity index (χ3v) is 1.73. The molecule has 0 saturated heterocycles. The van der Waals surface area contributed by atoms with E-state index >= 15 is 0 Å². The molecule has 1 saturated carbocycles. The van der Waals surface area contributed by atoms with E-state index < -0.39 is 0 Å². The van der Waals surface area contributed by atoms with Gasteiger partial charge in [0.1, 0.15) is 0 Å². The Bertz CT molecular complexity index is 86.1. The highest BCUT2D eigenvalue weighted by atomic mass is 35.5. The SMILES string of the molecule is O=[11C](Cl)C1CCC1. The summed E-state index contributed by atoms with van der Waals surface area (Å²) < 4.78 is 0. The molecular formula is C5H7ClO. The largest absolute Gasteiger partial charge is 0.281 e. The predicted molar refractivity (Wildman–Crippen MR) is 28.2 cm³/mol. The van der Waals surface area contributed by atoms with Gasteiger partial charge >= 0.3 is 0 Å². The van der Waals surface area contributed by atoms with Gasteiger partial charge in [-0.25, -0.2) is 0 Å². The highest BCUT2D eigenvalue weighted by Gasteiger charge is 2.22. The third kappa shape index (κ3) is 0.942. The lowest BCUT2D eigenvalue weighted by atomic mass is 9.73. The molecule has 1 aliphatic carbocycles.